The molecule has 3 nitrogen and oxygen atoms in total. The minimum Gasteiger partial charge on any atom is -0.310 e. The van der Waals surface area contributed by atoms with Gasteiger partial charge in [-0.3, -0.25) is 4.68 Å². The first-order valence-electron chi connectivity index (χ1n) is 6.83. The maximum Gasteiger partial charge on any atom is 0.129 e. The molecule has 1 heterocycles. The van der Waals surface area contributed by atoms with Gasteiger partial charge in [0.25, 0.3) is 0 Å². The van der Waals surface area contributed by atoms with Gasteiger partial charge in [-0.1, -0.05) is 24.6 Å². The van der Waals surface area contributed by atoms with Crippen LogP contribution < -0.4 is 5.32 Å². The normalized spacial score (nSPS) is 12.6. The van der Waals surface area contributed by atoms with Crippen molar-refractivity contribution in [2.45, 2.75) is 32.9 Å². The summed E-state index contributed by atoms with van der Waals surface area (Å²) in [5, 5.41) is 7.98. The molecule has 0 saturated carbocycles. The Kier molecular flexibility index (Phi) is 5.15. The molecular weight excluding hydrogens is 277 g/mol. The van der Waals surface area contributed by atoms with E-state index in [1.165, 1.54) is 6.07 Å². The number of aryl methyl sites for hydroxylation is 1. The predicted molar refractivity (Wildman–Crippen MR) is 79.4 cm³/mol. The summed E-state index contributed by atoms with van der Waals surface area (Å²) in [4.78, 5) is 0. The second-order valence-electron chi connectivity index (χ2n) is 4.68. The van der Waals surface area contributed by atoms with E-state index in [2.05, 4.69) is 10.4 Å². The highest BCUT2D eigenvalue weighted by molar-refractivity contribution is 6.30. The standard InChI is InChI=1S/C15H19ClFN3/c1-3-18-15(7-11-9-19-20(4-2)10-11)13-6-5-12(16)8-14(13)17/h5-6,8-10,15,18H,3-4,7H2,1-2H3. The van der Waals surface area contributed by atoms with Crippen molar-refractivity contribution in [3.8, 4) is 0 Å². The van der Waals surface area contributed by atoms with Crippen LogP contribution >= 0.6 is 11.6 Å². The summed E-state index contributed by atoms with van der Waals surface area (Å²) in [5.74, 6) is -0.272. The fraction of sp³-hybridized carbons (Fsp3) is 0.400. The number of benzene rings is 1. The topological polar surface area (TPSA) is 29.9 Å². The Balaban J connectivity index is 2.21. The lowest BCUT2D eigenvalue weighted by Crippen LogP contribution is -2.23. The van der Waals surface area contributed by atoms with Crippen LogP contribution in [0, 0.1) is 5.82 Å². The molecule has 0 aliphatic heterocycles. The van der Waals surface area contributed by atoms with E-state index in [1.54, 1.807) is 12.1 Å². The lowest BCUT2D eigenvalue weighted by Gasteiger charge is -2.18. The van der Waals surface area contributed by atoms with Crippen LogP contribution in [0.5, 0.6) is 0 Å². The smallest absolute Gasteiger partial charge is 0.129 e. The number of hydrogen-bond donors (Lipinski definition) is 1. The molecule has 0 radical (unpaired) electrons. The summed E-state index contributed by atoms with van der Waals surface area (Å²) >= 11 is 5.81. The minimum absolute atomic E-state index is 0.0771. The lowest BCUT2D eigenvalue weighted by atomic mass is 10.00. The van der Waals surface area contributed by atoms with Crippen molar-refractivity contribution >= 4 is 11.6 Å². The number of nitrogens with zero attached hydrogens (tertiary/aromatic N) is 2. The molecule has 0 aliphatic rings. The quantitative estimate of drug-likeness (QED) is 0.882. The molecule has 0 aliphatic carbocycles. The Hall–Kier alpha value is -1.39. The number of nitrogens with one attached hydrogen (secondary N) is 1. The zero-order valence-corrected chi connectivity index (χ0v) is 12.5. The van der Waals surface area contributed by atoms with Crippen molar-refractivity contribution < 1.29 is 4.39 Å². The van der Waals surface area contributed by atoms with Gasteiger partial charge >= 0.3 is 0 Å². The highest BCUT2D eigenvalue weighted by Crippen LogP contribution is 2.23. The molecule has 0 bridgehead atoms. The molecule has 2 aromatic rings. The molecule has 1 aromatic carbocycles. The van der Waals surface area contributed by atoms with Crippen LogP contribution in [-0.4, -0.2) is 16.3 Å². The Morgan fingerprint density at radius 3 is 2.80 bits per heavy atom. The number of likely N-dealkylation sites (N-methyl/N-ethyl adjacent to an activating group) is 1. The maximum atomic E-state index is 14.1. The second kappa shape index (κ2) is 6.86. The first-order valence-corrected chi connectivity index (χ1v) is 7.21. The van der Waals surface area contributed by atoms with Crippen LogP contribution in [0.1, 0.15) is 31.0 Å². The van der Waals surface area contributed by atoms with Gasteiger partial charge in [-0.2, -0.15) is 5.10 Å². The maximum absolute atomic E-state index is 14.1. The van der Waals surface area contributed by atoms with Crippen molar-refractivity contribution in [1.29, 1.82) is 0 Å². The van der Waals surface area contributed by atoms with Gasteiger partial charge in [-0.05, 0) is 37.6 Å². The van der Waals surface area contributed by atoms with Gasteiger partial charge in [-0.15, -0.1) is 0 Å². The number of halogens is 2. The molecule has 0 spiro atoms. The molecule has 1 N–H and O–H groups in total. The van der Waals surface area contributed by atoms with Crippen LogP contribution in [-0.2, 0) is 13.0 Å². The van der Waals surface area contributed by atoms with E-state index in [4.69, 9.17) is 11.6 Å². The largest absolute Gasteiger partial charge is 0.310 e. The molecule has 0 amide bonds. The zero-order valence-electron chi connectivity index (χ0n) is 11.7. The van der Waals surface area contributed by atoms with Crippen molar-refractivity contribution in [1.82, 2.24) is 15.1 Å². The van der Waals surface area contributed by atoms with Crippen LogP contribution in [0.4, 0.5) is 4.39 Å². The summed E-state index contributed by atoms with van der Waals surface area (Å²) in [7, 11) is 0. The molecule has 0 fully saturated rings. The van der Waals surface area contributed by atoms with E-state index >= 15 is 0 Å². The van der Waals surface area contributed by atoms with Crippen LogP contribution in [0.3, 0.4) is 0 Å². The molecule has 108 valence electrons. The molecule has 5 heteroatoms. The Morgan fingerprint density at radius 2 is 2.20 bits per heavy atom. The molecule has 0 saturated heterocycles. The second-order valence-corrected chi connectivity index (χ2v) is 5.12. The van der Waals surface area contributed by atoms with Crippen molar-refractivity contribution in [2.75, 3.05) is 6.54 Å². The SMILES string of the molecule is CCNC(Cc1cnn(CC)c1)c1ccc(Cl)cc1F. The molecule has 20 heavy (non-hydrogen) atoms. The van der Waals surface area contributed by atoms with Crippen molar-refractivity contribution in [2.24, 2.45) is 0 Å². The number of rotatable bonds is 6. The Labute approximate surface area is 123 Å². The molecule has 2 rings (SSSR count). The zero-order chi connectivity index (χ0) is 14.5. The fourth-order valence-corrected chi connectivity index (χ4v) is 2.40. The van der Waals surface area contributed by atoms with Crippen molar-refractivity contribution in [3.05, 3.63) is 52.6 Å². The molecule has 1 atom stereocenters. The van der Waals surface area contributed by atoms with Gasteiger partial charge in [0.1, 0.15) is 5.82 Å². The van der Waals surface area contributed by atoms with Crippen LogP contribution in [0.2, 0.25) is 5.02 Å². The third-order valence-electron chi connectivity index (χ3n) is 3.24. The summed E-state index contributed by atoms with van der Waals surface area (Å²) in [6, 6.07) is 4.75. The summed E-state index contributed by atoms with van der Waals surface area (Å²) in [5.41, 5.74) is 1.73. The molecular formula is C15H19ClFN3. The lowest BCUT2D eigenvalue weighted by molar-refractivity contribution is 0.510. The van der Waals surface area contributed by atoms with E-state index in [9.17, 15) is 4.39 Å². The number of aromatic nitrogens is 2. The first kappa shape index (κ1) is 15.0. The highest BCUT2D eigenvalue weighted by atomic mass is 35.5. The van der Waals surface area contributed by atoms with Gasteiger partial charge in [0.2, 0.25) is 0 Å². The van der Waals surface area contributed by atoms with Gasteiger partial charge in [0.15, 0.2) is 0 Å². The van der Waals surface area contributed by atoms with E-state index in [0.29, 0.717) is 17.0 Å². The summed E-state index contributed by atoms with van der Waals surface area (Å²) in [6.07, 6.45) is 4.53. The van der Waals surface area contributed by atoms with E-state index in [1.807, 2.05) is 30.9 Å². The van der Waals surface area contributed by atoms with Gasteiger partial charge in [0, 0.05) is 29.4 Å². The van der Waals surface area contributed by atoms with Gasteiger partial charge in [-0.25, -0.2) is 4.39 Å². The van der Waals surface area contributed by atoms with Gasteiger partial charge in [0.05, 0.1) is 6.20 Å². The van der Waals surface area contributed by atoms with E-state index < -0.39 is 0 Å². The highest BCUT2D eigenvalue weighted by Gasteiger charge is 2.16. The third-order valence-corrected chi connectivity index (χ3v) is 3.47. The summed E-state index contributed by atoms with van der Waals surface area (Å²) < 4.78 is 15.9. The Morgan fingerprint density at radius 1 is 1.40 bits per heavy atom. The minimum atomic E-state index is -0.272. The average Bonchev–Trinajstić information content (AvgIpc) is 2.86. The molecule has 1 unspecified atom stereocenters. The third kappa shape index (κ3) is 3.58. The predicted octanol–water partition coefficient (Wildman–Crippen LogP) is 3.59. The monoisotopic (exact) mass is 295 g/mol. The average molecular weight is 296 g/mol. The summed E-state index contributed by atoms with van der Waals surface area (Å²) in [6.45, 7) is 5.66. The Bertz CT molecular complexity index is 568. The van der Waals surface area contributed by atoms with E-state index in [0.717, 1.165) is 18.7 Å². The van der Waals surface area contributed by atoms with Crippen LogP contribution in [0.25, 0.3) is 0 Å². The van der Waals surface area contributed by atoms with E-state index in [-0.39, 0.29) is 11.9 Å². The van der Waals surface area contributed by atoms with Gasteiger partial charge < -0.3 is 5.32 Å². The first-order chi connectivity index (χ1) is 9.63. The fourth-order valence-electron chi connectivity index (χ4n) is 2.24. The molecule has 1 aromatic heterocycles. The van der Waals surface area contributed by atoms with Crippen LogP contribution in [0.15, 0.2) is 30.6 Å². The van der Waals surface area contributed by atoms with Crippen molar-refractivity contribution in [3.63, 3.8) is 0 Å². The number of hydrogen-bond acceptors (Lipinski definition) is 2.